The molecule has 5 heteroatoms. The Morgan fingerprint density at radius 1 is 1.10 bits per heavy atom. The van der Waals surface area contributed by atoms with Crippen molar-refractivity contribution in [2.24, 2.45) is 0 Å². The molecule has 4 rings (SSSR count). The minimum Gasteiger partial charge on any atom is -0.436 e. The molecule has 0 spiro atoms. The van der Waals surface area contributed by atoms with Gasteiger partial charge < -0.3 is 9.73 Å². The van der Waals surface area contributed by atoms with E-state index in [0.29, 0.717) is 23.1 Å². The van der Waals surface area contributed by atoms with Crippen LogP contribution in [0.1, 0.15) is 42.1 Å². The average Bonchev–Trinajstić information content (AvgIpc) is 3.17. The average molecular weight is 496 g/mol. The van der Waals surface area contributed by atoms with Crippen LogP contribution < -0.4 is 5.32 Å². The molecule has 4 nitrogen and oxygen atoms in total. The number of benzene rings is 3. The van der Waals surface area contributed by atoms with E-state index >= 15 is 0 Å². The van der Waals surface area contributed by atoms with Crippen LogP contribution in [0.3, 0.4) is 0 Å². The molecule has 0 aliphatic rings. The number of carbonyl (C=O) groups excluding carboxylic acids is 1. The van der Waals surface area contributed by atoms with Crippen molar-refractivity contribution >= 4 is 45.3 Å². The van der Waals surface area contributed by atoms with Crippen LogP contribution in [-0.4, -0.2) is 10.9 Å². The highest BCUT2D eigenvalue weighted by Gasteiger charge is 2.13. The van der Waals surface area contributed by atoms with Gasteiger partial charge in [-0.2, -0.15) is 0 Å². The second-order valence-corrected chi connectivity index (χ2v) is 8.23. The van der Waals surface area contributed by atoms with E-state index in [1.165, 1.54) is 5.56 Å². The summed E-state index contributed by atoms with van der Waals surface area (Å²) in [6, 6.07) is 21.3. The van der Waals surface area contributed by atoms with E-state index in [1.54, 1.807) is 0 Å². The lowest BCUT2D eigenvalue weighted by Crippen LogP contribution is -2.13. The van der Waals surface area contributed by atoms with Crippen molar-refractivity contribution in [3.63, 3.8) is 0 Å². The lowest BCUT2D eigenvalue weighted by atomic mass is 9.98. The van der Waals surface area contributed by atoms with E-state index in [2.05, 4.69) is 58.9 Å². The Balaban J connectivity index is 1.61. The van der Waals surface area contributed by atoms with Crippen molar-refractivity contribution in [2.75, 3.05) is 5.32 Å². The van der Waals surface area contributed by atoms with Crippen LogP contribution in [0.15, 0.2) is 71.1 Å². The number of rotatable bonds is 5. The summed E-state index contributed by atoms with van der Waals surface area (Å²) in [7, 11) is 0. The van der Waals surface area contributed by atoms with Crippen LogP contribution in [-0.2, 0) is 0 Å². The predicted octanol–water partition coefficient (Wildman–Crippen LogP) is 6.87. The first kappa shape index (κ1) is 19.6. The molecule has 3 aromatic carbocycles. The number of carbonyl (C=O) groups is 1. The Kier molecular flexibility index (Phi) is 5.67. The van der Waals surface area contributed by atoms with Gasteiger partial charge in [-0.25, -0.2) is 4.98 Å². The van der Waals surface area contributed by atoms with E-state index in [9.17, 15) is 4.79 Å². The number of oxazole rings is 1. The number of aromatic nitrogens is 1. The van der Waals surface area contributed by atoms with Gasteiger partial charge in [-0.1, -0.05) is 38.1 Å². The van der Waals surface area contributed by atoms with Crippen molar-refractivity contribution in [3.05, 3.63) is 81.4 Å². The minimum atomic E-state index is -0.136. The number of amides is 1. The van der Waals surface area contributed by atoms with Crippen LogP contribution in [0.5, 0.6) is 0 Å². The third kappa shape index (κ3) is 4.19. The summed E-state index contributed by atoms with van der Waals surface area (Å²) in [4.78, 5) is 17.3. The molecule has 1 unspecified atom stereocenters. The van der Waals surface area contributed by atoms with Crippen LogP contribution in [0, 0.1) is 3.57 Å². The summed E-state index contributed by atoms with van der Waals surface area (Å²) in [5.41, 5.74) is 5.06. The standard InChI is InChI=1S/C24H21IN2O2/c1-3-15(2)16-11-12-22-21(14-16)27-24(29-22)17-7-6-8-18(13-17)26-23(28)19-9-4-5-10-20(19)25/h4-15H,3H2,1-2H3,(H,26,28). The highest BCUT2D eigenvalue weighted by atomic mass is 127. The molecule has 29 heavy (non-hydrogen) atoms. The Hall–Kier alpha value is -2.67. The fourth-order valence-corrected chi connectivity index (χ4v) is 3.82. The molecular formula is C24H21IN2O2. The molecule has 0 radical (unpaired) electrons. The van der Waals surface area contributed by atoms with Crippen LogP contribution in [0.4, 0.5) is 5.69 Å². The first-order valence-corrected chi connectivity index (χ1v) is 10.7. The predicted molar refractivity (Wildman–Crippen MR) is 125 cm³/mol. The van der Waals surface area contributed by atoms with Gasteiger partial charge in [0.15, 0.2) is 5.58 Å². The number of anilines is 1. The minimum absolute atomic E-state index is 0.136. The molecule has 0 saturated heterocycles. The summed E-state index contributed by atoms with van der Waals surface area (Å²) in [6.45, 7) is 4.39. The number of hydrogen-bond donors (Lipinski definition) is 1. The third-order valence-corrected chi connectivity index (χ3v) is 6.02. The fraction of sp³-hybridized carbons (Fsp3) is 0.167. The van der Waals surface area contributed by atoms with Gasteiger partial charge in [0.2, 0.25) is 5.89 Å². The van der Waals surface area contributed by atoms with Gasteiger partial charge in [-0.15, -0.1) is 0 Å². The van der Waals surface area contributed by atoms with E-state index in [-0.39, 0.29) is 5.91 Å². The van der Waals surface area contributed by atoms with E-state index in [0.717, 1.165) is 26.7 Å². The molecular weight excluding hydrogens is 475 g/mol. The van der Waals surface area contributed by atoms with Crippen LogP contribution >= 0.6 is 22.6 Å². The lowest BCUT2D eigenvalue weighted by Gasteiger charge is -2.07. The number of hydrogen-bond acceptors (Lipinski definition) is 3. The maximum absolute atomic E-state index is 12.6. The zero-order valence-corrected chi connectivity index (χ0v) is 18.4. The summed E-state index contributed by atoms with van der Waals surface area (Å²) < 4.78 is 6.87. The van der Waals surface area contributed by atoms with Gasteiger partial charge in [-0.3, -0.25) is 4.79 Å². The van der Waals surface area contributed by atoms with Gasteiger partial charge >= 0.3 is 0 Å². The number of halogens is 1. The van der Waals surface area contributed by atoms with Crippen molar-refractivity contribution in [2.45, 2.75) is 26.2 Å². The Morgan fingerprint density at radius 3 is 2.72 bits per heavy atom. The normalized spacial score (nSPS) is 12.1. The highest BCUT2D eigenvalue weighted by molar-refractivity contribution is 14.1. The molecule has 0 aliphatic heterocycles. The summed E-state index contributed by atoms with van der Waals surface area (Å²) in [5, 5.41) is 2.96. The number of nitrogens with zero attached hydrogens (tertiary/aromatic N) is 1. The van der Waals surface area contributed by atoms with Crippen molar-refractivity contribution in [3.8, 4) is 11.5 Å². The fourth-order valence-electron chi connectivity index (χ4n) is 3.18. The largest absolute Gasteiger partial charge is 0.436 e. The molecule has 146 valence electrons. The Morgan fingerprint density at radius 2 is 1.93 bits per heavy atom. The number of nitrogens with one attached hydrogen (secondary N) is 1. The maximum Gasteiger partial charge on any atom is 0.256 e. The molecule has 1 heterocycles. The molecule has 4 aromatic rings. The SMILES string of the molecule is CCC(C)c1ccc2oc(-c3cccc(NC(=O)c4ccccc4I)c3)nc2c1. The maximum atomic E-state index is 12.6. The summed E-state index contributed by atoms with van der Waals surface area (Å²) in [6.07, 6.45) is 1.08. The van der Waals surface area contributed by atoms with Gasteiger partial charge in [0.1, 0.15) is 5.52 Å². The number of fused-ring (bicyclic) bond motifs is 1. The monoisotopic (exact) mass is 496 g/mol. The van der Waals surface area contributed by atoms with E-state index in [1.807, 2.05) is 54.6 Å². The lowest BCUT2D eigenvalue weighted by molar-refractivity contribution is 0.102. The molecule has 1 aromatic heterocycles. The van der Waals surface area contributed by atoms with Gasteiger partial charge in [-0.05, 0) is 83.0 Å². The van der Waals surface area contributed by atoms with Gasteiger partial charge in [0.25, 0.3) is 5.91 Å². The second-order valence-electron chi connectivity index (χ2n) is 7.07. The molecule has 0 bridgehead atoms. The van der Waals surface area contributed by atoms with E-state index in [4.69, 9.17) is 4.42 Å². The summed E-state index contributed by atoms with van der Waals surface area (Å²) >= 11 is 2.17. The van der Waals surface area contributed by atoms with Crippen LogP contribution in [0.2, 0.25) is 0 Å². The first-order chi connectivity index (χ1) is 14.0. The Bertz CT molecular complexity index is 1180. The van der Waals surface area contributed by atoms with Crippen molar-refractivity contribution in [1.82, 2.24) is 4.98 Å². The topological polar surface area (TPSA) is 55.1 Å². The zero-order valence-electron chi connectivity index (χ0n) is 16.3. The van der Waals surface area contributed by atoms with Crippen molar-refractivity contribution in [1.29, 1.82) is 0 Å². The Labute approximate surface area is 183 Å². The van der Waals surface area contributed by atoms with E-state index < -0.39 is 0 Å². The summed E-state index contributed by atoms with van der Waals surface area (Å²) in [5.74, 6) is 0.897. The molecule has 1 amide bonds. The smallest absolute Gasteiger partial charge is 0.256 e. The molecule has 0 aliphatic carbocycles. The zero-order chi connectivity index (χ0) is 20.4. The highest BCUT2D eigenvalue weighted by Crippen LogP contribution is 2.29. The van der Waals surface area contributed by atoms with Gasteiger partial charge in [0, 0.05) is 14.8 Å². The molecule has 1 atom stereocenters. The second kappa shape index (κ2) is 8.37. The molecule has 1 N–H and O–H groups in total. The van der Waals surface area contributed by atoms with Gasteiger partial charge in [0.05, 0.1) is 5.56 Å². The molecule has 0 saturated carbocycles. The van der Waals surface area contributed by atoms with Crippen LogP contribution in [0.25, 0.3) is 22.6 Å². The van der Waals surface area contributed by atoms with Crippen molar-refractivity contribution < 1.29 is 9.21 Å². The first-order valence-electron chi connectivity index (χ1n) is 9.62. The quantitative estimate of drug-likeness (QED) is 0.307. The third-order valence-electron chi connectivity index (χ3n) is 5.08. The molecule has 0 fully saturated rings.